The van der Waals surface area contributed by atoms with Gasteiger partial charge in [0.25, 0.3) is 11.6 Å². The molecule has 2 aromatic rings. The van der Waals surface area contributed by atoms with Gasteiger partial charge in [0, 0.05) is 30.2 Å². The van der Waals surface area contributed by atoms with E-state index in [4.69, 9.17) is 0 Å². The predicted molar refractivity (Wildman–Crippen MR) is 95.9 cm³/mol. The summed E-state index contributed by atoms with van der Waals surface area (Å²) in [6.07, 6.45) is 2.87. The van der Waals surface area contributed by atoms with Crippen molar-refractivity contribution in [3.63, 3.8) is 0 Å². The number of aryl methyl sites for hydroxylation is 1. The van der Waals surface area contributed by atoms with Crippen molar-refractivity contribution in [1.29, 1.82) is 0 Å². The number of nitro groups is 1. The average molecular weight is 355 g/mol. The number of aromatic nitrogens is 1. The number of hydrogen-bond donors (Lipinski definition) is 2. The molecule has 0 bridgehead atoms. The molecule has 0 unspecified atom stereocenters. The molecule has 9 nitrogen and oxygen atoms in total. The lowest BCUT2D eigenvalue weighted by molar-refractivity contribution is -0.384. The van der Waals surface area contributed by atoms with Crippen molar-refractivity contribution in [2.24, 2.45) is 5.10 Å². The van der Waals surface area contributed by atoms with Crippen molar-refractivity contribution in [3.05, 3.63) is 64.0 Å². The van der Waals surface area contributed by atoms with Gasteiger partial charge in [0.15, 0.2) is 0 Å². The monoisotopic (exact) mass is 355 g/mol. The molecule has 2 amide bonds. The van der Waals surface area contributed by atoms with Crippen LogP contribution in [0, 0.1) is 17.0 Å². The summed E-state index contributed by atoms with van der Waals surface area (Å²) >= 11 is 0. The third-order valence-corrected chi connectivity index (χ3v) is 3.39. The van der Waals surface area contributed by atoms with Gasteiger partial charge < -0.3 is 5.32 Å². The minimum atomic E-state index is -0.532. The lowest BCUT2D eigenvalue weighted by Crippen LogP contribution is -2.21. The number of carbonyl (C=O) groups is 2. The molecule has 2 N–H and O–H groups in total. The summed E-state index contributed by atoms with van der Waals surface area (Å²) in [7, 11) is 0. The number of benzene rings is 1. The Labute approximate surface area is 149 Å². The van der Waals surface area contributed by atoms with Gasteiger partial charge in [-0.25, -0.2) is 5.43 Å². The molecule has 1 aromatic heterocycles. The van der Waals surface area contributed by atoms with Gasteiger partial charge in [-0.05, 0) is 31.5 Å². The third-order valence-electron chi connectivity index (χ3n) is 3.39. The smallest absolute Gasteiger partial charge is 0.272 e. The summed E-state index contributed by atoms with van der Waals surface area (Å²) in [5.41, 5.74) is 4.01. The van der Waals surface area contributed by atoms with E-state index < -0.39 is 16.7 Å². The number of nitro benzene ring substituents is 1. The minimum absolute atomic E-state index is 0.0740. The molecule has 0 aliphatic heterocycles. The zero-order valence-electron chi connectivity index (χ0n) is 14.2. The molecule has 9 heteroatoms. The van der Waals surface area contributed by atoms with Crippen LogP contribution in [0.5, 0.6) is 0 Å². The Kier molecular flexibility index (Phi) is 6.10. The first kappa shape index (κ1) is 18.7. The van der Waals surface area contributed by atoms with E-state index >= 15 is 0 Å². The number of amides is 2. The number of nitrogens with zero attached hydrogens (tertiary/aromatic N) is 3. The maximum absolute atomic E-state index is 12.1. The van der Waals surface area contributed by atoms with Crippen molar-refractivity contribution >= 4 is 28.9 Å². The van der Waals surface area contributed by atoms with E-state index in [-0.39, 0.29) is 12.1 Å². The van der Waals surface area contributed by atoms with Crippen molar-refractivity contribution in [3.8, 4) is 0 Å². The number of anilines is 1. The summed E-state index contributed by atoms with van der Waals surface area (Å²) in [5.74, 6) is -0.835. The predicted octanol–water partition coefficient (Wildman–Crippen LogP) is 2.43. The fraction of sp³-hybridized carbons (Fsp3) is 0.176. The first-order valence-electron chi connectivity index (χ1n) is 7.65. The van der Waals surface area contributed by atoms with E-state index in [1.165, 1.54) is 18.3 Å². The fourth-order valence-corrected chi connectivity index (χ4v) is 2.03. The van der Waals surface area contributed by atoms with Crippen LogP contribution in [0.25, 0.3) is 0 Å². The van der Waals surface area contributed by atoms with Gasteiger partial charge in [0.2, 0.25) is 5.91 Å². The summed E-state index contributed by atoms with van der Waals surface area (Å²) < 4.78 is 0. The van der Waals surface area contributed by atoms with Crippen molar-refractivity contribution in [2.45, 2.75) is 20.3 Å². The molecule has 0 radical (unpaired) electrons. The lowest BCUT2D eigenvalue weighted by atomic mass is 10.1. The zero-order valence-corrected chi connectivity index (χ0v) is 14.2. The Hall–Kier alpha value is -3.62. The maximum Gasteiger partial charge on any atom is 0.272 e. The van der Waals surface area contributed by atoms with Crippen LogP contribution in [0.4, 0.5) is 11.4 Å². The lowest BCUT2D eigenvalue weighted by Gasteiger charge is -2.08. The molecule has 2 rings (SSSR count). The number of hydrazone groups is 1. The Bertz CT molecular complexity index is 865. The van der Waals surface area contributed by atoms with Crippen LogP contribution in [0.3, 0.4) is 0 Å². The van der Waals surface area contributed by atoms with E-state index in [0.29, 0.717) is 22.5 Å². The first-order valence-corrected chi connectivity index (χ1v) is 7.65. The van der Waals surface area contributed by atoms with Gasteiger partial charge in [0.05, 0.1) is 22.6 Å². The van der Waals surface area contributed by atoms with E-state index in [1.807, 2.05) is 0 Å². The number of pyridine rings is 1. The molecule has 0 saturated heterocycles. The standard InChI is InChI=1S/C17H17N5O4/c1-11-5-6-14(22(25)26)9-15(11)19-16(23)8-12(2)20-21-17(24)13-4-3-7-18-10-13/h3-7,9-10H,8H2,1-2H3,(H,19,23)(H,21,24). The molecule has 1 aromatic carbocycles. The maximum atomic E-state index is 12.1. The van der Waals surface area contributed by atoms with E-state index in [1.54, 1.807) is 38.2 Å². The van der Waals surface area contributed by atoms with Crippen molar-refractivity contribution in [2.75, 3.05) is 5.32 Å². The molecule has 0 aliphatic rings. The van der Waals surface area contributed by atoms with Crippen LogP contribution in [0.15, 0.2) is 47.8 Å². The second kappa shape index (κ2) is 8.47. The van der Waals surface area contributed by atoms with Crippen LogP contribution < -0.4 is 10.7 Å². The number of hydrogen-bond acceptors (Lipinski definition) is 6. The van der Waals surface area contributed by atoms with Crippen LogP contribution in [0.2, 0.25) is 0 Å². The largest absolute Gasteiger partial charge is 0.325 e. The Balaban J connectivity index is 1.96. The molecular weight excluding hydrogens is 338 g/mol. The molecule has 0 fully saturated rings. The van der Waals surface area contributed by atoms with Crippen molar-refractivity contribution in [1.82, 2.24) is 10.4 Å². The topological polar surface area (TPSA) is 127 Å². The van der Waals surface area contributed by atoms with Gasteiger partial charge in [0.1, 0.15) is 0 Å². The molecule has 0 atom stereocenters. The highest BCUT2D eigenvalue weighted by Crippen LogP contribution is 2.21. The summed E-state index contributed by atoms with van der Waals surface area (Å²) in [4.78, 5) is 38.1. The summed E-state index contributed by atoms with van der Waals surface area (Å²) in [5, 5.41) is 17.3. The minimum Gasteiger partial charge on any atom is -0.325 e. The number of carbonyl (C=O) groups excluding carboxylic acids is 2. The van der Waals surface area contributed by atoms with E-state index in [9.17, 15) is 19.7 Å². The highest BCUT2D eigenvalue weighted by molar-refractivity contribution is 6.06. The first-order chi connectivity index (χ1) is 12.4. The second-order valence-corrected chi connectivity index (χ2v) is 5.51. The molecule has 134 valence electrons. The quantitative estimate of drug-likeness (QED) is 0.467. The highest BCUT2D eigenvalue weighted by atomic mass is 16.6. The van der Waals surface area contributed by atoms with E-state index in [2.05, 4.69) is 20.8 Å². The molecule has 0 spiro atoms. The Morgan fingerprint density at radius 2 is 2.08 bits per heavy atom. The normalized spacial score (nSPS) is 10.9. The fourth-order valence-electron chi connectivity index (χ4n) is 2.03. The zero-order chi connectivity index (χ0) is 19.1. The summed E-state index contributed by atoms with van der Waals surface area (Å²) in [6, 6.07) is 7.43. The molecule has 1 heterocycles. The van der Waals surface area contributed by atoms with Gasteiger partial charge in [-0.2, -0.15) is 5.10 Å². The molecule has 0 aliphatic carbocycles. The molecule has 26 heavy (non-hydrogen) atoms. The average Bonchev–Trinajstić information content (AvgIpc) is 2.62. The van der Waals surface area contributed by atoms with E-state index in [0.717, 1.165) is 0 Å². The van der Waals surface area contributed by atoms with Gasteiger partial charge in [-0.1, -0.05) is 6.07 Å². The Morgan fingerprint density at radius 3 is 2.73 bits per heavy atom. The van der Waals surface area contributed by atoms with Gasteiger partial charge >= 0.3 is 0 Å². The van der Waals surface area contributed by atoms with Crippen LogP contribution in [-0.2, 0) is 4.79 Å². The molecular formula is C17H17N5O4. The van der Waals surface area contributed by atoms with Crippen molar-refractivity contribution < 1.29 is 14.5 Å². The SMILES string of the molecule is CC(CC(=O)Nc1cc([N+](=O)[O-])ccc1C)=NNC(=O)c1cccnc1. The van der Waals surface area contributed by atoms with Gasteiger partial charge in [-0.3, -0.25) is 24.7 Å². The third kappa shape index (κ3) is 5.20. The van der Waals surface area contributed by atoms with Gasteiger partial charge in [-0.15, -0.1) is 0 Å². The number of non-ortho nitro benzene ring substituents is 1. The Morgan fingerprint density at radius 1 is 1.31 bits per heavy atom. The number of nitrogens with one attached hydrogen (secondary N) is 2. The highest BCUT2D eigenvalue weighted by Gasteiger charge is 2.12. The summed E-state index contributed by atoms with van der Waals surface area (Å²) in [6.45, 7) is 3.32. The molecule has 0 saturated carbocycles. The van der Waals surface area contributed by atoms with Crippen LogP contribution in [-0.4, -0.2) is 27.4 Å². The van der Waals surface area contributed by atoms with Crippen LogP contribution in [0.1, 0.15) is 29.3 Å². The number of rotatable bonds is 6. The van der Waals surface area contributed by atoms with Crippen LogP contribution >= 0.6 is 0 Å². The second-order valence-electron chi connectivity index (χ2n) is 5.51.